The fourth-order valence-electron chi connectivity index (χ4n) is 2.35. The molecule has 1 aliphatic rings. The molecule has 1 N–H and O–H groups in total. The number of carbonyl (C=O) groups is 1. The van der Waals surface area contributed by atoms with Crippen LogP contribution in [0.3, 0.4) is 0 Å². The number of rotatable bonds is 3. The fraction of sp³-hybridized carbons (Fsp3) is 0.0556. The molecule has 0 unspecified atom stereocenters. The van der Waals surface area contributed by atoms with Crippen molar-refractivity contribution in [2.24, 2.45) is 0 Å². The van der Waals surface area contributed by atoms with Crippen molar-refractivity contribution in [3.63, 3.8) is 0 Å². The Hall–Kier alpha value is -2.68. The molecule has 0 aliphatic carbocycles. The molecule has 0 fully saturated rings. The van der Waals surface area contributed by atoms with Gasteiger partial charge in [-0.15, -0.1) is 0 Å². The van der Waals surface area contributed by atoms with Gasteiger partial charge < -0.3 is 5.32 Å². The predicted octanol–water partition coefficient (Wildman–Crippen LogP) is 3.61. The maximum Gasteiger partial charge on any atom is 0.251 e. The summed E-state index contributed by atoms with van der Waals surface area (Å²) in [6, 6.07) is 14.3. The Bertz CT molecular complexity index is 727. The number of halogens is 1. The van der Waals surface area contributed by atoms with Gasteiger partial charge in [0.2, 0.25) is 0 Å². The first-order valence-corrected chi connectivity index (χ1v) is 6.67. The molecule has 1 heterocycles. The first-order valence-electron chi connectivity index (χ1n) is 6.67. The maximum atomic E-state index is 12.9. The summed E-state index contributed by atoms with van der Waals surface area (Å²) in [4.78, 5) is 11.6. The molecule has 2 aromatic carbocycles. The van der Waals surface area contributed by atoms with E-state index in [-0.39, 0.29) is 11.7 Å². The lowest BCUT2D eigenvalue weighted by molar-refractivity contribution is -0.116. The van der Waals surface area contributed by atoms with Gasteiger partial charge in [0.1, 0.15) is 5.82 Å². The fourth-order valence-corrected chi connectivity index (χ4v) is 2.35. The Labute approximate surface area is 122 Å². The monoisotopic (exact) mass is 279 g/mol. The van der Waals surface area contributed by atoms with E-state index in [1.54, 1.807) is 18.2 Å². The highest BCUT2D eigenvalue weighted by molar-refractivity contribution is 5.98. The second kappa shape index (κ2) is 5.37. The van der Waals surface area contributed by atoms with Gasteiger partial charge in [0.05, 0.1) is 0 Å². The number of hydrogen-bond acceptors (Lipinski definition) is 1. The van der Waals surface area contributed by atoms with Crippen molar-refractivity contribution in [3.05, 3.63) is 83.8 Å². The van der Waals surface area contributed by atoms with Gasteiger partial charge in [0.15, 0.2) is 0 Å². The molecular formula is C18H14FNO. The van der Waals surface area contributed by atoms with Crippen LogP contribution in [0.2, 0.25) is 0 Å². The van der Waals surface area contributed by atoms with Crippen molar-refractivity contribution in [1.29, 1.82) is 0 Å². The molecule has 0 saturated carbocycles. The zero-order chi connectivity index (χ0) is 14.8. The van der Waals surface area contributed by atoms with Gasteiger partial charge in [-0.25, -0.2) is 4.39 Å². The van der Waals surface area contributed by atoms with E-state index >= 15 is 0 Å². The topological polar surface area (TPSA) is 29.1 Å². The number of hydrogen-bond donors (Lipinski definition) is 1. The molecule has 0 radical (unpaired) electrons. The van der Waals surface area contributed by atoms with E-state index in [0.717, 1.165) is 22.3 Å². The lowest BCUT2D eigenvalue weighted by Gasteiger charge is -2.05. The van der Waals surface area contributed by atoms with Crippen LogP contribution in [-0.2, 0) is 11.2 Å². The lowest BCUT2D eigenvalue weighted by Crippen LogP contribution is -2.16. The van der Waals surface area contributed by atoms with E-state index in [1.165, 1.54) is 12.1 Å². The van der Waals surface area contributed by atoms with Crippen molar-refractivity contribution in [2.75, 3.05) is 0 Å². The van der Waals surface area contributed by atoms with Gasteiger partial charge in [0.25, 0.3) is 5.91 Å². The Kier molecular flexibility index (Phi) is 3.40. The van der Waals surface area contributed by atoms with Gasteiger partial charge in [-0.05, 0) is 34.9 Å². The molecule has 0 spiro atoms. The normalized spacial score (nSPS) is 14.0. The zero-order valence-electron chi connectivity index (χ0n) is 11.4. The van der Waals surface area contributed by atoms with Crippen molar-refractivity contribution >= 4 is 5.91 Å². The Morgan fingerprint density at radius 1 is 0.952 bits per heavy atom. The van der Waals surface area contributed by atoms with E-state index in [9.17, 15) is 9.18 Å². The maximum absolute atomic E-state index is 12.9. The summed E-state index contributed by atoms with van der Waals surface area (Å²) in [7, 11) is 0. The summed E-state index contributed by atoms with van der Waals surface area (Å²) >= 11 is 0. The van der Waals surface area contributed by atoms with Crippen LogP contribution in [0.5, 0.6) is 0 Å². The number of nitrogens with one attached hydrogen (secondary N) is 1. The summed E-state index contributed by atoms with van der Waals surface area (Å²) in [6.45, 7) is 3.72. The molecule has 0 saturated heterocycles. The predicted molar refractivity (Wildman–Crippen MR) is 80.9 cm³/mol. The first-order chi connectivity index (χ1) is 10.1. The van der Waals surface area contributed by atoms with Crippen molar-refractivity contribution in [2.45, 2.75) is 6.42 Å². The van der Waals surface area contributed by atoms with Crippen LogP contribution in [0.1, 0.15) is 5.56 Å². The van der Waals surface area contributed by atoms with Crippen LogP contribution < -0.4 is 5.32 Å². The van der Waals surface area contributed by atoms with E-state index in [0.29, 0.717) is 12.1 Å². The van der Waals surface area contributed by atoms with Gasteiger partial charge in [-0.2, -0.15) is 0 Å². The molecule has 3 heteroatoms. The number of allylic oxidation sites excluding steroid dienone is 1. The summed E-state index contributed by atoms with van der Waals surface area (Å²) in [5, 5.41) is 2.67. The molecule has 21 heavy (non-hydrogen) atoms. The third-order valence-corrected chi connectivity index (χ3v) is 3.44. The minimum Gasteiger partial charge on any atom is -0.323 e. The number of benzene rings is 2. The van der Waals surface area contributed by atoms with Crippen molar-refractivity contribution < 1.29 is 9.18 Å². The minimum atomic E-state index is -0.241. The lowest BCUT2D eigenvalue weighted by atomic mass is 10.0. The third kappa shape index (κ3) is 2.92. The highest BCUT2D eigenvalue weighted by atomic mass is 19.1. The highest BCUT2D eigenvalue weighted by Gasteiger charge is 2.16. The molecule has 2 nitrogen and oxygen atoms in total. The van der Waals surface area contributed by atoms with Crippen molar-refractivity contribution in [1.82, 2.24) is 5.32 Å². The molecule has 2 aromatic rings. The van der Waals surface area contributed by atoms with Gasteiger partial charge in [-0.1, -0.05) is 43.0 Å². The summed E-state index contributed by atoms with van der Waals surface area (Å²) in [5.74, 6) is -0.322. The van der Waals surface area contributed by atoms with Crippen LogP contribution >= 0.6 is 0 Å². The average Bonchev–Trinajstić information content (AvgIpc) is 2.79. The minimum absolute atomic E-state index is 0.0809. The average molecular weight is 279 g/mol. The van der Waals surface area contributed by atoms with Gasteiger partial charge >= 0.3 is 0 Å². The van der Waals surface area contributed by atoms with Crippen molar-refractivity contribution in [3.8, 4) is 11.1 Å². The smallest absolute Gasteiger partial charge is 0.251 e. The molecule has 0 atom stereocenters. The molecule has 1 aliphatic heterocycles. The standard InChI is InChI=1S/C18H14FNO/c1-12-10-16(18(21)20-12)11-13-2-4-14(5-3-13)15-6-8-17(19)9-7-15/h2-10H,1,11H2,(H,20,21). The third-order valence-electron chi connectivity index (χ3n) is 3.44. The van der Waals surface area contributed by atoms with Gasteiger partial charge in [-0.3, -0.25) is 4.79 Å². The van der Waals surface area contributed by atoms with Gasteiger partial charge in [0, 0.05) is 17.7 Å². The van der Waals surface area contributed by atoms with E-state index < -0.39 is 0 Å². The molecule has 104 valence electrons. The number of carbonyl (C=O) groups excluding carboxylic acids is 1. The second-order valence-corrected chi connectivity index (χ2v) is 5.03. The Balaban J connectivity index is 1.78. The first kappa shape index (κ1) is 13.3. The Morgan fingerprint density at radius 3 is 2.05 bits per heavy atom. The zero-order valence-corrected chi connectivity index (χ0v) is 11.4. The van der Waals surface area contributed by atoms with Crippen LogP contribution in [0, 0.1) is 5.82 Å². The van der Waals surface area contributed by atoms with Crippen LogP contribution in [0.4, 0.5) is 4.39 Å². The van der Waals surface area contributed by atoms with Crippen LogP contribution in [0.15, 0.2) is 72.5 Å². The molecular weight excluding hydrogens is 265 g/mol. The molecule has 0 bridgehead atoms. The van der Waals surface area contributed by atoms with Crippen LogP contribution in [0.25, 0.3) is 11.1 Å². The largest absolute Gasteiger partial charge is 0.323 e. The van der Waals surface area contributed by atoms with E-state index in [1.807, 2.05) is 24.3 Å². The SMILES string of the molecule is C=C1C=C(Cc2ccc(-c3ccc(F)cc3)cc2)C(=O)N1. The summed E-state index contributed by atoms with van der Waals surface area (Å²) in [5.41, 5.74) is 4.39. The number of amides is 1. The summed E-state index contributed by atoms with van der Waals surface area (Å²) in [6.07, 6.45) is 2.35. The molecule has 1 amide bonds. The molecule has 3 rings (SSSR count). The van der Waals surface area contributed by atoms with E-state index in [2.05, 4.69) is 11.9 Å². The molecule has 0 aromatic heterocycles. The van der Waals surface area contributed by atoms with E-state index in [4.69, 9.17) is 0 Å². The van der Waals surface area contributed by atoms with Crippen LogP contribution in [-0.4, -0.2) is 5.91 Å². The second-order valence-electron chi connectivity index (χ2n) is 5.03. The summed E-state index contributed by atoms with van der Waals surface area (Å²) < 4.78 is 12.9. The Morgan fingerprint density at radius 2 is 1.52 bits per heavy atom. The highest BCUT2D eigenvalue weighted by Crippen LogP contribution is 2.22. The quantitative estimate of drug-likeness (QED) is 0.913.